The Labute approximate surface area is 144 Å². The van der Waals surface area contributed by atoms with E-state index in [1.807, 2.05) is 35.7 Å². The lowest BCUT2D eigenvalue weighted by Crippen LogP contribution is -2.11. The van der Waals surface area contributed by atoms with Crippen molar-refractivity contribution in [2.24, 2.45) is 0 Å². The van der Waals surface area contributed by atoms with Crippen LogP contribution in [0.4, 0.5) is 5.13 Å². The fourth-order valence-electron chi connectivity index (χ4n) is 1.94. The van der Waals surface area contributed by atoms with E-state index in [2.05, 4.69) is 25.7 Å². The van der Waals surface area contributed by atoms with Gasteiger partial charge in [-0.05, 0) is 23.6 Å². The predicted molar refractivity (Wildman–Crippen MR) is 90.9 cm³/mol. The van der Waals surface area contributed by atoms with Gasteiger partial charge in [-0.15, -0.1) is 21.5 Å². The first-order chi connectivity index (χ1) is 11.8. The van der Waals surface area contributed by atoms with Crippen LogP contribution in [0.3, 0.4) is 0 Å². The minimum Gasteiger partial charge on any atom is -0.355 e. The fraction of sp³-hybridized carbons (Fsp3) is 0. The molecule has 1 N–H and O–H groups in total. The first kappa shape index (κ1) is 14.7. The van der Waals surface area contributed by atoms with Gasteiger partial charge in [-0.25, -0.2) is 0 Å². The van der Waals surface area contributed by atoms with Gasteiger partial charge < -0.3 is 4.52 Å². The number of carbonyl (C=O) groups excluding carboxylic acids is 1. The molecule has 0 aliphatic rings. The van der Waals surface area contributed by atoms with Gasteiger partial charge in [0.05, 0.1) is 4.88 Å². The molecule has 0 saturated heterocycles. The van der Waals surface area contributed by atoms with Gasteiger partial charge in [-0.3, -0.25) is 15.1 Å². The van der Waals surface area contributed by atoms with E-state index in [-0.39, 0.29) is 5.69 Å². The van der Waals surface area contributed by atoms with Crippen LogP contribution in [0.1, 0.15) is 10.5 Å². The monoisotopic (exact) mass is 355 g/mol. The summed E-state index contributed by atoms with van der Waals surface area (Å²) >= 11 is 2.75. The largest absolute Gasteiger partial charge is 0.355 e. The quantitative estimate of drug-likeness (QED) is 0.601. The van der Waals surface area contributed by atoms with Crippen LogP contribution in [0.15, 0.2) is 52.5 Å². The Balaban J connectivity index is 1.50. The van der Waals surface area contributed by atoms with Crippen molar-refractivity contribution in [3.05, 3.63) is 53.7 Å². The van der Waals surface area contributed by atoms with Crippen LogP contribution in [-0.2, 0) is 0 Å². The lowest BCUT2D eigenvalue weighted by atomic mass is 10.3. The molecule has 0 bridgehead atoms. The van der Waals surface area contributed by atoms with Crippen molar-refractivity contribution >= 4 is 33.7 Å². The van der Waals surface area contributed by atoms with Gasteiger partial charge in [0.2, 0.25) is 5.13 Å². The topological polar surface area (TPSA) is 93.8 Å². The highest BCUT2D eigenvalue weighted by Gasteiger charge is 2.16. The summed E-state index contributed by atoms with van der Waals surface area (Å²) in [6.07, 6.45) is 1.68. The van der Waals surface area contributed by atoms with Crippen LogP contribution in [0.5, 0.6) is 0 Å². The number of carbonyl (C=O) groups is 1. The number of nitrogens with one attached hydrogen (secondary N) is 1. The highest BCUT2D eigenvalue weighted by Crippen LogP contribution is 2.27. The van der Waals surface area contributed by atoms with E-state index in [0.29, 0.717) is 21.6 Å². The van der Waals surface area contributed by atoms with E-state index in [4.69, 9.17) is 4.52 Å². The van der Waals surface area contributed by atoms with Crippen LogP contribution < -0.4 is 5.32 Å². The minimum atomic E-state index is -0.398. The van der Waals surface area contributed by atoms with Crippen molar-refractivity contribution in [2.75, 3.05) is 5.32 Å². The molecule has 9 heteroatoms. The van der Waals surface area contributed by atoms with Crippen LogP contribution >= 0.6 is 22.7 Å². The van der Waals surface area contributed by atoms with Gasteiger partial charge in [0, 0.05) is 12.3 Å². The third-order valence-electron chi connectivity index (χ3n) is 3.04. The Hall–Kier alpha value is -2.91. The molecule has 4 aromatic heterocycles. The standard InChI is InChI=1S/C15H9N5O2S2/c21-13(10-8-11(22-20-10)12-5-3-7-23-12)17-15-19-18-14(24-15)9-4-1-2-6-16-9/h1-8H,(H,17,19,21). The highest BCUT2D eigenvalue weighted by atomic mass is 32.1. The Morgan fingerprint density at radius 2 is 2.12 bits per heavy atom. The van der Waals surface area contributed by atoms with Crippen LogP contribution in [0.25, 0.3) is 21.3 Å². The first-order valence-corrected chi connectivity index (χ1v) is 8.56. The molecule has 0 aliphatic heterocycles. The number of hydrogen-bond acceptors (Lipinski definition) is 8. The molecule has 1 amide bonds. The van der Waals surface area contributed by atoms with Crippen molar-refractivity contribution in [2.45, 2.75) is 0 Å². The van der Waals surface area contributed by atoms with Crippen molar-refractivity contribution < 1.29 is 9.32 Å². The smallest absolute Gasteiger partial charge is 0.279 e. The van der Waals surface area contributed by atoms with Crippen LogP contribution in [-0.4, -0.2) is 26.2 Å². The number of nitrogens with zero attached hydrogens (tertiary/aromatic N) is 4. The van der Waals surface area contributed by atoms with Crippen molar-refractivity contribution in [3.63, 3.8) is 0 Å². The summed E-state index contributed by atoms with van der Waals surface area (Å²) in [5.41, 5.74) is 0.893. The molecule has 0 fully saturated rings. The number of pyridine rings is 1. The molecule has 0 atom stereocenters. The molecule has 0 unspecified atom stereocenters. The van der Waals surface area contributed by atoms with Crippen LogP contribution in [0, 0.1) is 0 Å². The first-order valence-electron chi connectivity index (χ1n) is 6.86. The summed E-state index contributed by atoms with van der Waals surface area (Å²) in [6.45, 7) is 0. The van der Waals surface area contributed by atoms with E-state index >= 15 is 0 Å². The molecule has 4 rings (SSSR count). The molecule has 24 heavy (non-hydrogen) atoms. The minimum absolute atomic E-state index is 0.188. The van der Waals surface area contributed by atoms with E-state index in [1.54, 1.807) is 12.3 Å². The number of anilines is 1. The van der Waals surface area contributed by atoms with Crippen molar-refractivity contribution in [1.29, 1.82) is 0 Å². The molecule has 0 aromatic carbocycles. The molecule has 118 valence electrons. The second-order valence-electron chi connectivity index (χ2n) is 4.64. The number of hydrogen-bond donors (Lipinski definition) is 1. The van der Waals surface area contributed by atoms with Crippen molar-refractivity contribution in [3.8, 4) is 21.3 Å². The Morgan fingerprint density at radius 1 is 1.17 bits per heavy atom. The van der Waals surface area contributed by atoms with E-state index in [1.165, 1.54) is 22.7 Å². The van der Waals surface area contributed by atoms with E-state index < -0.39 is 5.91 Å². The van der Waals surface area contributed by atoms with E-state index in [0.717, 1.165) is 4.88 Å². The van der Waals surface area contributed by atoms with Gasteiger partial charge in [0.25, 0.3) is 5.91 Å². The molecule has 4 heterocycles. The molecular formula is C15H9N5O2S2. The summed E-state index contributed by atoms with van der Waals surface area (Å²) in [5, 5.41) is 17.4. The fourth-order valence-corrected chi connectivity index (χ4v) is 3.33. The van der Waals surface area contributed by atoms with Gasteiger partial charge in [0.15, 0.2) is 16.5 Å². The predicted octanol–water partition coefficient (Wildman–Crippen LogP) is 3.57. The third-order valence-corrected chi connectivity index (χ3v) is 4.78. The molecule has 7 nitrogen and oxygen atoms in total. The summed E-state index contributed by atoms with van der Waals surface area (Å²) in [5.74, 6) is 0.159. The second kappa shape index (κ2) is 6.30. The Morgan fingerprint density at radius 3 is 2.92 bits per heavy atom. The zero-order valence-corrected chi connectivity index (χ0v) is 13.7. The lowest BCUT2D eigenvalue weighted by Gasteiger charge is -1.95. The summed E-state index contributed by atoms with van der Waals surface area (Å²) < 4.78 is 5.20. The molecule has 4 aromatic rings. The van der Waals surface area contributed by atoms with Gasteiger partial charge in [-0.1, -0.05) is 28.6 Å². The molecular weight excluding hydrogens is 346 g/mol. The number of thiophene rings is 1. The maximum atomic E-state index is 12.2. The SMILES string of the molecule is O=C(Nc1nnc(-c2ccccn2)s1)c1cc(-c2cccs2)on1. The van der Waals surface area contributed by atoms with Gasteiger partial charge in [-0.2, -0.15) is 0 Å². The second-order valence-corrected chi connectivity index (χ2v) is 6.56. The summed E-state index contributed by atoms with van der Waals surface area (Å²) in [4.78, 5) is 17.3. The average molecular weight is 355 g/mol. The molecule has 0 spiro atoms. The molecule has 0 saturated carbocycles. The number of rotatable bonds is 4. The maximum Gasteiger partial charge on any atom is 0.279 e. The highest BCUT2D eigenvalue weighted by molar-refractivity contribution is 7.18. The van der Waals surface area contributed by atoms with Gasteiger partial charge >= 0.3 is 0 Å². The third kappa shape index (κ3) is 2.94. The summed E-state index contributed by atoms with van der Waals surface area (Å²) in [6, 6.07) is 10.9. The number of amides is 1. The molecule has 0 radical (unpaired) electrons. The average Bonchev–Trinajstić information content (AvgIpc) is 3.36. The lowest BCUT2D eigenvalue weighted by molar-refractivity contribution is 0.101. The maximum absolute atomic E-state index is 12.2. The van der Waals surface area contributed by atoms with Gasteiger partial charge in [0.1, 0.15) is 5.69 Å². The van der Waals surface area contributed by atoms with Crippen molar-refractivity contribution in [1.82, 2.24) is 20.3 Å². The zero-order chi connectivity index (χ0) is 16.4. The van der Waals surface area contributed by atoms with Crippen LogP contribution in [0.2, 0.25) is 0 Å². The Bertz CT molecular complexity index is 963. The van der Waals surface area contributed by atoms with E-state index in [9.17, 15) is 4.79 Å². The summed E-state index contributed by atoms with van der Waals surface area (Å²) in [7, 11) is 0. The molecule has 0 aliphatic carbocycles. The normalized spacial score (nSPS) is 10.7. The number of aromatic nitrogens is 4. The zero-order valence-electron chi connectivity index (χ0n) is 12.0. The Kier molecular flexibility index (Phi) is 3.85.